The van der Waals surface area contributed by atoms with E-state index in [2.05, 4.69) is 27.3 Å². The van der Waals surface area contributed by atoms with Gasteiger partial charge in [-0.1, -0.05) is 30.3 Å². The number of hydrogen-bond acceptors (Lipinski definition) is 4. The summed E-state index contributed by atoms with van der Waals surface area (Å²) in [7, 11) is 0. The third-order valence-corrected chi connectivity index (χ3v) is 4.66. The first-order chi connectivity index (χ1) is 12.2. The molecule has 0 spiro atoms. The highest BCUT2D eigenvalue weighted by Gasteiger charge is 2.30. The number of nitrogens with zero attached hydrogens (tertiary/aromatic N) is 2. The average molecular weight is 343 g/mol. The molecule has 1 aliphatic rings. The Bertz CT molecular complexity index is 711. The molecule has 2 heterocycles. The summed E-state index contributed by atoms with van der Waals surface area (Å²) in [5.41, 5.74) is 1.18. The van der Waals surface area contributed by atoms with Crippen LogP contribution in [0.5, 0.6) is 0 Å². The van der Waals surface area contributed by atoms with Gasteiger partial charge >= 0.3 is 0 Å². The fraction of sp³-hybridized carbons (Fsp3) is 0.368. The number of nitrogens with one attached hydrogen (secondary N) is 1. The van der Waals surface area contributed by atoms with E-state index in [0.717, 1.165) is 25.7 Å². The molecule has 2 unspecified atom stereocenters. The van der Waals surface area contributed by atoms with Crippen molar-refractivity contribution in [3.63, 3.8) is 0 Å². The fourth-order valence-electron chi connectivity index (χ4n) is 3.24. The highest BCUT2D eigenvalue weighted by molar-refractivity contribution is 5.94. The summed E-state index contributed by atoms with van der Waals surface area (Å²) in [5, 5.41) is 12.5. The summed E-state index contributed by atoms with van der Waals surface area (Å²) in [6.07, 6.45) is 3.21. The van der Waals surface area contributed by atoms with Gasteiger partial charge < -0.3 is 10.4 Å². The van der Waals surface area contributed by atoms with Crippen molar-refractivity contribution in [2.24, 2.45) is 5.92 Å². The third kappa shape index (κ3) is 4.41. The topological polar surface area (TPSA) is 65.5 Å². The third-order valence-electron chi connectivity index (χ3n) is 4.66. The van der Waals surface area contributed by atoms with Crippen LogP contribution in [-0.2, 0) is 6.54 Å². The van der Waals surface area contributed by atoms with Crippen LogP contribution in [0, 0.1) is 11.7 Å². The number of amides is 1. The van der Waals surface area contributed by atoms with Gasteiger partial charge in [0.15, 0.2) is 5.82 Å². The number of rotatable bonds is 5. The van der Waals surface area contributed by atoms with E-state index in [1.165, 1.54) is 17.8 Å². The number of carbonyl (C=O) groups is 1. The number of pyridine rings is 1. The molecule has 1 aromatic carbocycles. The van der Waals surface area contributed by atoms with Crippen molar-refractivity contribution < 1.29 is 14.3 Å². The Morgan fingerprint density at radius 2 is 2.12 bits per heavy atom. The number of hydrogen-bond donors (Lipinski definition) is 2. The molecule has 25 heavy (non-hydrogen) atoms. The second-order valence-corrected chi connectivity index (χ2v) is 6.39. The van der Waals surface area contributed by atoms with Crippen LogP contribution in [0.15, 0.2) is 48.8 Å². The number of piperidine rings is 1. The summed E-state index contributed by atoms with van der Waals surface area (Å²) in [6, 6.07) is 11.3. The van der Waals surface area contributed by atoms with Crippen LogP contribution >= 0.6 is 0 Å². The van der Waals surface area contributed by atoms with Gasteiger partial charge in [0.1, 0.15) is 0 Å². The molecule has 1 saturated heterocycles. The zero-order valence-corrected chi connectivity index (χ0v) is 13.9. The van der Waals surface area contributed by atoms with E-state index in [4.69, 9.17) is 0 Å². The van der Waals surface area contributed by atoms with Crippen molar-refractivity contribution in [2.75, 3.05) is 19.7 Å². The first-order valence-corrected chi connectivity index (χ1v) is 8.45. The van der Waals surface area contributed by atoms with Gasteiger partial charge in [-0.3, -0.25) is 14.7 Å². The number of halogens is 1. The van der Waals surface area contributed by atoms with Crippen molar-refractivity contribution in [3.8, 4) is 0 Å². The van der Waals surface area contributed by atoms with Crippen LogP contribution in [0.4, 0.5) is 4.39 Å². The van der Waals surface area contributed by atoms with Crippen LogP contribution in [-0.4, -0.2) is 46.6 Å². The molecule has 0 saturated carbocycles. The standard InChI is InChI=1S/C19H22FN3O2/c20-17-10-21-8-6-16(17)19(25)22-18-12-23(9-7-15(18)13-24)11-14-4-2-1-3-5-14/h1-6,8,10,15,18,24H,7,9,11-13H2,(H,22,25). The molecular formula is C19H22FN3O2. The Labute approximate surface area is 146 Å². The van der Waals surface area contributed by atoms with Crippen molar-refractivity contribution in [1.29, 1.82) is 0 Å². The molecule has 0 bridgehead atoms. The Balaban J connectivity index is 1.67. The normalized spacial score (nSPS) is 21.0. The van der Waals surface area contributed by atoms with E-state index >= 15 is 0 Å². The Hall–Kier alpha value is -2.31. The summed E-state index contributed by atoms with van der Waals surface area (Å²) >= 11 is 0. The molecule has 1 amide bonds. The summed E-state index contributed by atoms with van der Waals surface area (Å²) in [4.78, 5) is 18.3. The molecule has 2 N–H and O–H groups in total. The minimum absolute atomic E-state index is 0.00293. The lowest BCUT2D eigenvalue weighted by Crippen LogP contribution is -2.53. The van der Waals surface area contributed by atoms with Crippen molar-refractivity contribution >= 4 is 5.91 Å². The molecule has 1 fully saturated rings. The lowest BCUT2D eigenvalue weighted by molar-refractivity contribution is 0.0727. The molecule has 132 valence electrons. The van der Waals surface area contributed by atoms with E-state index < -0.39 is 11.7 Å². The molecule has 0 radical (unpaired) electrons. The maximum absolute atomic E-state index is 13.8. The fourth-order valence-corrected chi connectivity index (χ4v) is 3.24. The second kappa shape index (κ2) is 8.18. The number of aromatic nitrogens is 1. The maximum atomic E-state index is 13.8. The number of aliphatic hydroxyl groups is 1. The molecule has 5 nitrogen and oxygen atoms in total. The van der Waals surface area contributed by atoms with Crippen molar-refractivity contribution in [2.45, 2.75) is 19.0 Å². The van der Waals surface area contributed by atoms with Gasteiger partial charge in [0.2, 0.25) is 0 Å². The zero-order valence-electron chi connectivity index (χ0n) is 13.9. The van der Waals surface area contributed by atoms with Crippen LogP contribution in [0.3, 0.4) is 0 Å². The summed E-state index contributed by atoms with van der Waals surface area (Å²) in [5.74, 6) is -1.14. The minimum Gasteiger partial charge on any atom is -0.396 e. The van der Waals surface area contributed by atoms with Crippen molar-refractivity contribution in [3.05, 3.63) is 65.7 Å². The van der Waals surface area contributed by atoms with E-state index in [9.17, 15) is 14.3 Å². The number of likely N-dealkylation sites (tertiary alicyclic amines) is 1. The predicted octanol–water partition coefficient (Wildman–Crippen LogP) is 1.83. The summed E-state index contributed by atoms with van der Waals surface area (Å²) < 4.78 is 13.8. The monoisotopic (exact) mass is 343 g/mol. The number of carbonyl (C=O) groups excluding carboxylic acids is 1. The number of benzene rings is 1. The molecule has 6 heteroatoms. The largest absolute Gasteiger partial charge is 0.396 e. The van der Waals surface area contributed by atoms with E-state index in [1.54, 1.807) is 0 Å². The SMILES string of the molecule is O=C(NC1CN(Cc2ccccc2)CCC1CO)c1ccncc1F. The molecular weight excluding hydrogens is 321 g/mol. The van der Waals surface area contributed by atoms with Crippen LogP contribution in [0.1, 0.15) is 22.3 Å². The van der Waals surface area contributed by atoms with Gasteiger partial charge in [-0.2, -0.15) is 0 Å². The van der Waals surface area contributed by atoms with Gasteiger partial charge in [-0.25, -0.2) is 4.39 Å². The Morgan fingerprint density at radius 1 is 1.32 bits per heavy atom. The molecule has 2 aromatic rings. The first-order valence-electron chi connectivity index (χ1n) is 8.45. The lowest BCUT2D eigenvalue weighted by atomic mass is 9.91. The predicted molar refractivity (Wildman–Crippen MR) is 92.4 cm³/mol. The van der Waals surface area contributed by atoms with Crippen LogP contribution < -0.4 is 5.32 Å². The highest BCUT2D eigenvalue weighted by atomic mass is 19.1. The highest BCUT2D eigenvalue weighted by Crippen LogP contribution is 2.20. The molecule has 3 rings (SSSR count). The van der Waals surface area contributed by atoms with E-state index in [0.29, 0.717) is 6.54 Å². The Kier molecular flexibility index (Phi) is 5.73. The lowest BCUT2D eigenvalue weighted by Gasteiger charge is -2.38. The number of aliphatic hydroxyl groups excluding tert-OH is 1. The smallest absolute Gasteiger partial charge is 0.254 e. The van der Waals surface area contributed by atoms with Crippen LogP contribution in [0.25, 0.3) is 0 Å². The van der Waals surface area contributed by atoms with Gasteiger partial charge in [0.25, 0.3) is 5.91 Å². The Morgan fingerprint density at radius 3 is 2.84 bits per heavy atom. The minimum atomic E-state index is -0.641. The van der Waals surface area contributed by atoms with Gasteiger partial charge in [0, 0.05) is 37.9 Å². The molecule has 1 aliphatic heterocycles. The zero-order chi connectivity index (χ0) is 17.6. The quantitative estimate of drug-likeness (QED) is 0.869. The molecule has 2 atom stereocenters. The maximum Gasteiger partial charge on any atom is 0.254 e. The molecule has 1 aromatic heterocycles. The van der Waals surface area contributed by atoms with Gasteiger partial charge in [0.05, 0.1) is 11.8 Å². The first kappa shape index (κ1) is 17.5. The van der Waals surface area contributed by atoms with Gasteiger partial charge in [-0.05, 0) is 24.6 Å². The summed E-state index contributed by atoms with van der Waals surface area (Å²) in [6.45, 7) is 2.27. The van der Waals surface area contributed by atoms with Crippen LogP contribution in [0.2, 0.25) is 0 Å². The molecule has 0 aliphatic carbocycles. The van der Waals surface area contributed by atoms with E-state index in [1.807, 2.05) is 18.2 Å². The second-order valence-electron chi connectivity index (χ2n) is 6.39. The van der Waals surface area contributed by atoms with Crippen molar-refractivity contribution in [1.82, 2.24) is 15.2 Å². The average Bonchev–Trinajstić information content (AvgIpc) is 2.63. The van der Waals surface area contributed by atoms with E-state index in [-0.39, 0.29) is 24.1 Å². The van der Waals surface area contributed by atoms with Gasteiger partial charge in [-0.15, -0.1) is 0 Å².